The van der Waals surface area contributed by atoms with Gasteiger partial charge in [-0.25, -0.2) is 4.98 Å². The zero-order valence-corrected chi connectivity index (χ0v) is 34.6. The van der Waals surface area contributed by atoms with Crippen molar-refractivity contribution >= 4 is 11.0 Å². The van der Waals surface area contributed by atoms with E-state index in [0.717, 1.165) is 44.6 Å². The molecule has 2 heterocycles. The van der Waals surface area contributed by atoms with Crippen LogP contribution in [0.4, 0.5) is 0 Å². The van der Waals surface area contributed by atoms with Crippen LogP contribution in [0.1, 0.15) is 96.7 Å². The molecule has 2 aromatic heterocycles. The van der Waals surface area contributed by atoms with Gasteiger partial charge in [0.15, 0.2) is 0 Å². The molecular formula is C55H55N3O. The predicted octanol–water partition coefficient (Wildman–Crippen LogP) is 14.7. The number of phenols is 1. The van der Waals surface area contributed by atoms with Gasteiger partial charge in [-0.05, 0) is 99.0 Å². The first-order chi connectivity index (χ1) is 31.7. The number of nitrogens with zero attached hydrogens (tertiary/aromatic N) is 3. The summed E-state index contributed by atoms with van der Waals surface area (Å²) in [7, 11) is 0. The molecule has 0 aliphatic heterocycles. The van der Waals surface area contributed by atoms with Crippen molar-refractivity contribution in [1.82, 2.24) is 14.5 Å². The van der Waals surface area contributed by atoms with Crippen LogP contribution in [0.5, 0.6) is 5.75 Å². The highest BCUT2D eigenvalue weighted by Gasteiger charge is 2.29. The van der Waals surface area contributed by atoms with E-state index in [1.165, 1.54) is 12.1 Å². The highest BCUT2D eigenvalue weighted by molar-refractivity contribution is 5.98. The average molecular weight is 783 g/mol. The number of benzene rings is 6. The van der Waals surface area contributed by atoms with Crippen LogP contribution >= 0.6 is 0 Å². The van der Waals surface area contributed by atoms with E-state index < -0.39 is 36.9 Å². The van der Waals surface area contributed by atoms with Crippen LogP contribution in [0, 0.1) is 6.92 Å². The van der Waals surface area contributed by atoms with Gasteiger partial charge in [0.2, 0.25) is 0 Å². The Labute approximate surface area is 362 Å². The Morgan fingerprint density at radius 2 is 1.22 bits per heavy atom. The first-order valence-corrected chi connectivity index (χ1v) is 20.0. The van der Waals surface area contributed by atoms with Crippen molar-refractivity contribution in [3.8, 4) is 67.5 Å². The van der Waals surface area contributed by atoms with Crippen molar-refractivity contribution in [2.45, 2.75) is 85.3 Å². The molecule has 0 saturated carbocycles. The van der Waals surface area contributed by atoms with E-state index in [1.807, 2.05) is 121 Å². The molecular weight excluding hydrogens is 719 g/mol. The van der Waals surface area contributed by atoms with Crippen LogP contribution in [-0.4, -0.2) is 19.6 Å². The molecule has 0 unspecified atom stereocenters. The number of pyridine rings is 1. The number of fused-ring (bicyclic) bond motifs is 1. The number of imidazole rings is 1. The second-order valence-electron chi connectivity index (χ2n) is 17.6. The highest BCUT2D eigenvalue weighted by atomic mass is 16.3. The molecule has 0 amide bonds. The number of aromatic nitrogens is 3. The summed E-state index contributed by atoms with van der Waals surface area (Å²) < 4.78 is 80.7. The number of phenolic OH excluding ortho intramolecular Hbond substituents is 1. The molecule has 0 radical (unpaired) electrons. The Bertz CT molecular complexity index is 3130. The summed E-state index contributed by atoms with van der Waals surface area (Å²) in [6.07, 6.45) is 1.62. The SMILES string of the molecule is [2H]C([2H])([2H])C(c1cc(-c2cc(-c3ccc(C)cc3)ccn2)cc(-c2cccc3c2nc(-c2cc(C(C)(C)C)cc(C(C)(C)C)c2O)n3-c2ccccc2-c2ccccc2)c1)(C([2H])([2H])[2H])C([2H])([2H])[2H]. The first-order valence-electron chi connectivity index (χ1n) is 24.5. The molecule has 1 N–H and O–H groups in total. The van der Waals surface area contributed by atoms with E-state index >= 15 is 0 Å². The van der Waals surface area contributed by atoms with Gasteiger partial charge in [0.05, 0.1) is 28.0 Å². The quantitative estimate of drug-likeness (QED) is 0.183. The van der Waals surface area contributed by atoms with Crippen molar-refractivity contribution in [2.75, 3.05) is 0 Å². The zero-order chi connectivity index (χ0) is 49.4. The van der Waals surface area contributed by atoms with Gasteiger partial charge < -0.3 is 5.11 Å². The molecule has 8 aromatic rings. The lowest BCUT2D eigenvalue weighted by atomic mass is 9.79. The molecule has 4 nitrogen and oxygen atoms in total. The molecule has 0 saturated heterocycles. The second-order valence-corrected chi connectivity index (χ2v) is 17.6. The molecule has 0 bridgehead atoms. The number of aryl methyl sites for hydroxylation is 1. The van der Waals surface area contributed by atoms with E-state index in [4.69, 9.17) is 22.3 Å². The second kappa shape index (κ2) is 14.8. The molecule has 296 valence electrons. The largest absolute Gasteiger partial charge is 0.507 e. The summed E-state index contributed by atoms with van der Waals surface area (Å²) >= 11 is 0. The van der Waals surface area contributed by atoms with E-state index in [0.29, 0.717) is 44.8 Å². The average Bonchev–Trinajstić information content (AvgIpc) is 3.64. The van der Waals surface area contributed by atoms with Gasteiger partial charge >= 0.3 is 0 Å². The minimum absolute atomic E-state index is 0.0717. The zero-order valence-electron chi connectivity index (χ0n) is 43.6. The maximum atomic E-state index is 12.5. The van der Waals surface area contributed by atoms with Crippen LogP contribution < -0.4 is 0 Å². The van der Waals surface area contributed by atoms with Crippen LogP contribution in [0.2, 0.25) is 0 Å². The third-order valence-corrected chi connectivity index (χ3v) is 11.1. The van der Waals surface area contributed by atoms with E-state index in [9.17, 15) is 5.11 Å². The van der Waals surface area contributed by atoms with Gasteiger partial charge in [-0.1, -0.05) is 165 Å². The van der Waals surface area contributed by atoms with Crippen molar-refractivity contribution < 1.29 is 17.4 Å². The van der Waals surface area contributed by atoms with Crippen molar-refractivity contribution in [1.29, 1.82) is 0 Å². The number of hydrogen-bond donors (Lipinski definition) is 1. The molecule has 8 rings (SSSR count). The van der Waals surface area contributed by atoms with Gasteiger partial charge in [0, 0.05) is 40.8 Å². The molecule has 0 fully saturated rings. The summed E-state index contributed by atoms with van der Waals surface area (Å²) in [4.78, 5) is 10.1. The Hall–Kier alpha value is -6.26. The third-order valence-electron chi connectivity index (χ3n) is 11.1. The lowest BCUT2D eigenvalue weighted by molar-refractivity contribution is 0.446. The minimum Gasteiger partial charge on any atom is -0.507 e. The fourth-order valence-corrected chi connectivity index (χ4v) is 7.76. The highest BCUT2D eigenvalue weighted by Crippen LogP contribution is 2.46. The van der Waals surface area contributed by atoms with Gasteiger partial charge in [0.1, 0.15) is 11.6 Å². The maximum absolute atomic E-state index is 12.5. The molecule has 0 aliphatic rings. The lowest BCUT2D eigenvalue weighted by Crippen LogP contribution is -2.17. The number of aromatic hydroxyl groups is 1. The summed E-state index contributed by atoms with van der Waals surface area (Å²) in [5, 5.41) is 12.5. The smallest absolute Gasteiger partial charge is 0.149 e. The minimum atomic E-state index is -3.53. The summed E-state index contributed by atoms with van der Waals surface area (Å²) in [6, 6.07) is 43.6. The molecule has 59 heavy (non-hydrogen) atoms. The van der Waals surface area contributed by atoms with E-state index in [2.05, 4.69) is 47.6 Å². The van der Waals surface area contributed by atoms with Crippen LogP contribution in [-0.2, 0) is 16.2 Å². The summed E-state index contributed by atoms with van der Waals surface area (Å²) in [6.45, 7) is 3.93. The Kier molecular flexibility index (Phi) is 7.52. The fourth-order valence-electron chi connectivity index (χ4n) is 7.76. The van der Waals surface area contributed by atoms with Gasteiger partial charge in [-0.2, -0.15) is 0 Å². The lowest BCUT2D eigenvalue weighted by Gasteiger charge is -2.27. The fraction of sp³-hybridized carbons (Fsp3) is 0.236. The Morgan fingerprint density at radius 1 is 0.542 bits per heavy atom. The van der Waals surface area contributed by atoms with Crippen molar-refractivity contribution in [3.63, 3.8) is 0 Å². The molecule has 4 heteroatoms. The number of para-hydroxylation sites is 2. The topological polar surface area (TPSA) is 50.9 Å². The first kappa shape index (κ1) is 29.9. The normalized spacial score (nSPS) is 15.2. The number of hydrogen-bond acceptors (Lipinski definition) is 3. The molecule has 0 atom stereocenters. The number of rotatable bonds is 6. The standard InChI is InChI=1S/C55H55N3O/c1-35-23-25-36(26-24-35)38-27-28-56-47(32-38)40-29-39(30-41(31-40)53(2,3)4)44-20-16-22-49-50(44)57-52(45-33-42(54(5,6)7)34-46(51(45)59)55(8,9)10)58(49)48-21-15-14-19-43(48)37-17-12-11-13-18-37/h11-34,59H,1-10H3/i2D3,3D3,4D3. The molecule has 0 aliphatic carbocycles. The summed E-state index contributed by atoms with van der Waals surface area (Å²) in [5.74, 6) is 0.498. The third kappa shape index (κ3) is 7.72. The Morgan fingerprint density at radius 3 is 1.93 bits per heavy atom. The van der Waals surface area contributed by atoms with Crippen molar-refractivity contribution in [2.24, 2.45) is 0 Å². The van der Waals surface area contributed by atoms with Crippen LogP contribution in [0.3, 0.4) is 0 Å². The summed E-state index contributed by atoms with van der Waals surface area (Å²) in [5.41, 5.74) is 5.60. The van der Waals surface area contributed by atoms with Gasteiger partial charge in [-0.15, -0.1) is 0 Å². The maximum Gasteiger partial charge on any atom is 0.149 e. The van der Waals surface area contributed by atoms with Gasteiger partial charge in [0.25, 0.3) is 0 Å². The van der Waals surface area contributed by atoms with Crippen molar-refractivity contribution in [3.05, 3.63) is 168 Å². The Balaban J connectivity index is 1.51. The predicted molar refractivity (Wildman–Crippen MR) is 249 cm³/mol. The monoisotopic (exact) mass is 782 g/mol. The van der Waals surface area contributed by atoms with E-state index in [1.54, 1.807) is 18.3 Å². The molecule has 0 spiro atoms. The van der Waals surface area contributed by atoms with Crippen LogP contribution in [0.25, 0.3) is 72.7 Å². The van der Waals surface area contributed by atoms with E-state index in [-0.39, 0.29) is 11.2 Å². The molecule has 6 aromatic carbocycles. The van der Waals surface area contributed by atoms with Crippen LogP contribution in [0.15, 0.2) is 146 Å². The van der Waals surface area contributed by atoms with Gasteiger partial charge in [-0.3, -0.25) is 9.55 Å².